The van der Waals surface area contributed by atoms with E-state index in [1.165, 1.54) is 19.0 Å². The summed E-state index contributed by atoms with van der Waals surface area (Å²) in [5.41, 5.74) is 3.75. The molecule has 57 heavy (non-hydrogen) atoms. The Labute approximate surface area is 325 Å². The lowest BCUT2D eigenvalue weighted by molar-refractivity contribution is -0.181. The molecule has 1 heterocycles. The van der Waals surface area contributed by atoms with E-state index in [1.807, 2.05) is 0 Å². The number of nitrogens with zero attached hydrogens (tertiary/aromatic N) is 3. The number of aldehydes is 1. The quantitative estimate of drug-likeness (QED) is 0.112. The highest BCUT2D eigenvalue weighted by atomic mass is 16.6. The zero-order valence-electron chi connectivity index (χ0n) is 31.8. The maximum Gasteiger partial charge on any atom is 0.519 e. The van der Waals surface area contributed by atoms with Gasteiger partial charge in [-0.2, -0.15) is 0 Å². The number of fused-ring (bicyclic) bond motifs is 3. The molecule has 7 atom stereocenters. The first-order valence-corrected chi connectivity index (χ1v) is 18.1. The van der Waals surface area contributed by atoms with E-state index in [9.17, 15) is 48.6 Å². The first-order valence-electron chi connectivity index (χ1n) is 18.1. The van der Waals surface area contributed by atoms with Gasteiger partial charge in [0.25, 0.3) is 0 Å². The van der Waals surface area contributed by atoms with Gasteiger partial charge in [0.05, 0.1) is 29.8 Å². The number of benzene rings is 2. The second kappa shape index (κ2) is 15.4. The summed E-state index contributed by atoms with van der Waals surface area (Å²) < 4.78 is 15.6. The molecule has 18 nitrogen and oxygen atoms in total. The lowest BCUT2D eigenvalue weighted by atomic mass is 9.52. The number of aliphatic hydroxyl groups is 1. The molecule has 0 bridgehead atoms. The number of ether oxygens (including phenoxy) is 1. The third kappa shape index (κ3) is 6.99. The van der Waals surface area contributed by atoms with Gasteiger partial charge in [-0.25, -0.2) is 9.59 Å². The normalized spacial score (nSPS) is 24.6. The van der Waals surface area contributed by atoms with E-state index in [-0.39, 0.29) is 42.2 Å². The summed E-state index contributed by atoms with van der Waals surface area (Å²) in [4.78, 5) is 109. The standard InChI is InChI=1S/C39H43N5O13/c1-18(16-44(11-12-45)37(52)55-17-25-33(57-38(53)56-25)19-9-7-6-8-10-19)41-23-15-24(42(2)3)21-13-20-14-22-29(43(4)5)32(48)28(36(40)51)35(50)39(22,54)34(49)26(20)31(47)27(21)30(23)46/h6-10,12,15,18,20,22,26,28-29,41,46,54H,11,13-14,16-17H2,1-5H3,(H2,40,51)/t18?,20?,22?,26?,28?,29-,39+/m1/s1. The molecule has 3 aliphatic rings. The lowest BCUT2D eigenvalue weighted by Gasteiger charge is -2.52. The Hall–Kier alpha value is -6.14. The van der Waals surface area contributed by atoms with Crippen molar-refractivity contribution >= 4 is 52.8 Å². The predicted molar refractivity (Wildman–Crippen MR) is 199 cm³/mol. The summed E-state index contributed by atoms with van der Waals surface area (Å²) in [7, 11) is 6.44. The summed E-state index contributed by atoms with van der Waals surface area (Å²) in [6, 6.07) is 8.18. The number of Topliss-reactive ketones (excluding diaryl/α,β-unsaturated/α-hetero) is 4. The summed E-state index contributed by atoms with van der Waals surface area (Å²) in [6.45, 7) is 0.580. The van der Waals surface area contributed by atoms with Crippen LogP contribution < -0.4 is 21.8 Å². The molecule has 0 aliphatic heterocycles. The van der Waals surface area contributed by atoms with Gasteiger partial charge >= 0.3 is 11.9 Å². The predicted octanol–water partition coefficient (Wildman–Crippen LogP) is 0.784. The molecule has 3 aromatic rings. The third-order valence-corrected chi connectivity index (χ3v) is 11.0. The first kappa shape index (κ1) is 40.5. The third-order valence-electron chi connectivity index (χ3n) is 11.0. The van der Waals surface area contributed by atoms with E-state index < -0.39 is 101 Å². The molecule has 18 heteroatoms. The van der Waals surface area contributed by atoms with Crippen LogP contribution in [0.15, 0.2) is 50.0 Å². The molecule has 0 radical (unpaired) electrons. The lowest BCUT2D eigenvalue weighted by Crippen LogP contribution is -2.74. The molecule has 3 aliphatic carbocycles. The van der Waals surface area contributed by atoms with Crippen LogP contribution in [0.1, 0.15) is 35.0 Å². The van der Waals surface area contributed by atoms with Crippen LogP contribution in [0.3, 0.4) is 0 Å². The molecule has 5 unspecified atom stereocenters. The molecular formula is C39H43N5O13. The number of amides is 2. The Morgan fingerprint density at radius 2 is 1.75 bits per heavy atom. The molecule has 2 aromatic carbocycles. The van der Waals surface area contributed by atoms with Crippen molar-refractivity contribution in [1.82, 2.24) is 9.80 Å². The summed E-state index contributed by atoms with van der Waals surface area (Å²) >= 11 is 0. The van der Waals surface area contributed by atoms with Gasteiger partial charge in [-0.1, -0.05) is 30.3 Å². The van der Waals surface area contributed by atoms with Crippen molar-refractivity contribution in [1.29, 1.82) is 0 Å². The molecule has 0 spiro atoms. The van der Waals surface area contributed by atoms with Crippen LogP contribution in [-0.4, -0.2) is 120 Å². The fraction of sp³-hybridized carbons (Fsp3) is 0.436. The first-order chi connectivity index (χ1) is 26.9. The van der Waals surface area contributed by atoms with E-state index in [1.54, 1.807) is 62.3 Å². The number of nitrogens with one attached hydrogen (secondary N) is 1. The van der Waals surface area contributed by atoms with Crippen molar-refractivity contribution in [3.05, 3.63) is 63.9 Å². The number of anilines is 2. The van der Waals surface area contributed by atoms with Crippen molar-refractivity contribution in [3.8, 4) is 17.1 Å². The number of phenols is 1. The number of likely N-dealkylation sites (N-methyl/N-ethyl adjacent to an activating group) is 1. The number of hydrogen-bond donors (Lipinski definition) is 4. The molecule has 302 valence electrons. The Morgan fingerprint density at radius 1 is 1.07 bits per heavy atom. The number of primary amides is 1. The monoisotopic (exact) mass is 789 g/mol. The fourth-order valence-electron chi connectivity index (χ4n) is 8.55. The van der Waals surface area contributed by atoms with Gasteiger partial charge < -0.3 is 44.5 Å². The second-order valence-electron chi connectivity index (χ2n) is 15.1. The second-order valence-corrected chi connectivity index (χ2v) is 15.1. The maximum absolute atomic E-state index is 14.4. The summed E-state index contributed by atoms with van der Waals surface area (Å²) in [5.74, 6) is -12.8. The molecule has 2 amide bonds. The number of ketones is 4. The number of aromatic hydroxyl groups is 1. The minimum absolute atomic E-state index is 0.0319. The number of hydrogen-bond acceptors (Lipinski definition) is 16. The Bertz CT molecular complexity index is 2210. The van der Waals surface area contributed by atoms with Crippen LogP contribution in [0.25, 0.3) is 11.3 Å². The van der Waals surface area contributed by atoms with Gasteiger partial charge in [0.2, 0.25) is 5.91 Å². The average molecular weight is 790 g/mol. The van der Waals surface area contributed by atoms with Gasteiger partial charge in [0.1, 0.15) is 12.0 Å². The van der Waals surface area contributed by atoms with Gasteiger partial charge in [-0.05, 0) is 51.4 Å². The Balaban J connectivity index is 1.26. The van der Waals surface area contributed by atoms with Crippen LogP contribution in [0.4, 0.5) is 16.2 Å². The zero-order valence-corrected chi connectivity index (χ0v) is 31.8. The largest absolute Gasteiger partial charge is 0.519 e. The molecule has 1 aromatic heterocycles. The molecule has 2 fully saturated rings. The van der Waals surface area contributed by atoms with E-state index in [0.29, 0.717) is 23.1 Å². The average Bonchev–Trinajstić information content (AvgIpc) is 3.53. The van der Waals surface area contributed by atoms with Crippen LogP contribution in [0.2, 0.25) is 0 Å². The molecular weight excluding hydrogens is 746 g/mol. The van der Waals surface area contributed by atoms with Gasteiger partial charge in [-0.3, -0.25) is 33.8 Å². The SMILES string of the molecule is CC(CN(CC=O)C(=O)OCc1oc(=O)oc1-c1ccccc1)Nc1cc(N(C)C)c2c(c1O)C(=O)C1C(=O)[C@]3(O)C(=O)C(C(N)=O)C(=O)[C@H](N(C)C)C3CC1C2. The summed E-state index contributed by atoms with van der Waals surface area (Å²) in [5, 5.41) is 26.6. The smallest absolute Gasteiger partial charge is 0.505 e. The highest BCUT2D eigenvalue weighted by Crippen LogP contribution is 2.53. The van der Waals surface area contributed by atoms with Crippen molar-refractivity contribution in [2.24, 2.45) is 29.4 Å². The Morgan fingerprint density at radius 3 is 2.37 bits per heavy atom. The van der Waals surface area contributed by atoms with Crippen molar-refractivity contribution < 1.29 is 57.3 Å². The number of rotatable bonds is 12. The molecule has 6 rings (SSSR count). The minimum atomic E-state index is -2.87. The number of carbonyl (C=O) groups is 7. The highest BCUT2D eigenvalue weighted by molar-refractivity contribution is 6.32. The Kier molecular flexibility index (Phi) is 11.0. The van der Waals surface area contributed by atoms with E-state index >= 15 is 0 Å². The van der Waals surface area contributed by atoms with Crippen molar-refractivity contribution in [2.45, 2.75) is 44.1 Å². The van der Waals surface area contributed by atoms with E-state index in [0.717, 1.165) is 4.90 Å². The van der Waals surface area contributed by atoms with Gasteiger partial charge in [-0.15, -0.1) is 0 Å². The van der Waals surface area contributed by atoms with Gasteiger partial charge in [0.15, 0.2) is 52.8 Å². The van der Waals surface area contributed by atoms with Crippen LogP contribution in [-0.2, 0) is 41.7 Å². The fourth-order valence-corrected chi connectivity index (χ4v) is 8.55. The van der Waals surface area contributed by atoms with E-state index in [2.05, 4.69) is 5.32 Å². The number of phenolic OH excluding ortho intramolecular Hbond substituents is 1. The van der Waals surface area contributed by atoms with Crippen molar-refractivity contribution in [3.63, 3.8) is 0 Å². The summed E-state index contributed by atoms with van der Waals surface area (Å²) in [6.07, 6.45) is -0.498. The van der Waals surface area contributed by atoms with E-state index in [4.69, 9.17) is 19.3 Å². The van der Waals surface area contributed by atoms with Crippen LogP contribution in [0, 0.1) is 23.7 Å². The van der Waals surface area contributed by atoms with Gasteiger partial charge in [0, 0.05) is 43.9 Å². The zero-order chi connectivity index (χ0) is 41.7. The molecule has 0 saturated heterocycles. The molecule has 2 saturated carbocycles. The highest BCUT2D eigenvalue weighted by Gasteiger charge is 2.69. The van der Waals surface area contributed by atoms with Crippen molar-refractivity contribution in [2.75, 3.05) is 51.5 Å². The maximum atomic E-state index is 14.4. The topological polar surface area (TPSA) is 260 Å². The van der Waals surface area contributed by atoms with Crippen LogP contribution >= 0.6 is 0 Å². The minimum Gasteiger partial charge on any atom is -0.505 e. The number of carbonyl (C=O) groups excluding carboxylic acids is 7. The van der Waals surface area contributed by atoms with Crippen LogP contribution in [0.5, 0.6) is 5.75 Å². The number of nitrogens with two attached hydrogens (primary N) is 1. The molecule has 5 N–H and O–H groups in total.